The Labute approximate surface area is 170 Å². The van der Waals surface area contributed by atoms with E-state index in [9.17, 15) is 9.59 Å². The van der Waals surface area contributed by atoms with Gasteiger partial charge in [0.1, 0.15) is 9.88 Å². The molecule has 4 rings (SSSR count). The number of hydrogen-bond acceptors (Lipinski definition) is 4. The molecule has 0 radical (unpaired) electrons. The van der Waals surface area contributed by atoms with Crippen molar-refractivity contribution in [2.45, 2.75) is 33.1 Å². The molecule has 1 atom stereocenters. The summed E-state index contributed by atoms with van der Waals surface area (Å²) in [5.74, 6) is -0.218. The van der Waals surface area contributed by atoms with E-state index in [1.165, 1.54) is 22.7 Å². The molecule has 0 fully saturated rings. The molecule has 1 aliphatic rings. The van der Waals surface area contributed by atoms with E-state index in [2.05, 4.69) is 12.2 Å². The van der Waals surface area contributed by atoms with Gasteiger partial charge in [-0.2, -0.15) is 0 Å². The van der Waals surface area contributed by atoms with E-state index in [-0.39, 0.29) is 5.91 Å². The molecule has 2 amide bonds. The number of primary amides is 1. The van der Waals surface area contributed by atoms with Crippen molar-refractivity contribution in [2.75, 3.05) is 5.32 Å². The van der Waals surface area contributed by atoms with Crippen LogP contribution in [0.2, 0.25) is 5.02 Å². The lowest BCUT2D eigenvalue weighted by molar-refractivity contribution is 0.1000. The predicted octanol–water partition coefficient (Wildman–Crippen LogP) is 5.40. The van der Waals surface area contributed by atoms with Crippen molar-refractivity contribution in [1.82, 2.24) is 0 Å². The Hall–Kier alpha value is -1.89. The lowest BCUT2D eigenvalue weighted by Gasteiger charge is -2.18. The van der Waals surface area contributed by atoms with Gasteiger partial charge < -0.3 is 11.1 Å². The highest BCUT2D eigenvalue weighted by Gasteiger charge is 2.28. The molecule has 3 aromatic rings. The quantitative estimate of drug-likeness (QED) is 0.597. The average Bonchev–Trinajstić information content (AvgIpc) is 3.11. The summed E-state index contributed by atoms with van der Waals surface area (Å²) in [7, 11) is 0. The Bertz CT molecular complexity index is 1080. The van der Waals surface area contributed by atoms with Crippen molar-refractivity contribution in [2.24, 2.45) is 11.7 Å². The molecule has 1 aromatic carbocycles. The summed E-state index contributed by atoms with van der Waals surface area (Å²) in [5, 5.41) is 4.75. The Morgan fingerprint density at radius 2 is 2.07 bits per heavy atom. The third-order valence-electron chi connectivity index (χ3n) is 4.98. The lowest BCUT2D eigenvalue weighted by Crippen LogP contribution is -2.19. The molecule has 0 bridgehead atoms. The van der Waals surface area contributed by atoms with E-state index in [1.807, 2.05) is 25.1 Å². The second kappa shape index (κ2) is 6.93. The number of nitrogens with two attached hydrogens (primary N) is 1. The number of amides is 2. The van der Waals surface area contributed by atoms with Crippen LogP contribution in [-0.2, 0) is 12.8 Å². The van der Waals surface area contributed by atoms with Gasteiger partial charge in [-0.1, -0.05) is 30.7 Å². The molecule has 140 valence electrons. The van der Waals surface area contributed by atoms with Crippen LogP contribution in [0, 0.1) is 12.8 Å². The summed E-state index contributed by atoms with van der Waals surface area (Å²) in [6.07, 6.45) is 2.77. The summed E-state index contributed by atoms with van der Waals surface area (Å²) < 4.78 is 0.972. The van der Waals surface area contributed by atoms with Crippen molar-refractivity contribution in [3.05, 3.63) is 49.7 Å². The summed E-state index contributed by atoms with van der Waals surface area (Å²) in [4.78, 5) is 26.6. The fourth-order valence-corrected chi connectivity index (χ4v) is 6.50. The first-order chi connectivity index (χ1) is 12.8. The average molecular weight is 419 g/mol. The molecule has 0 saturated carbocycles. The predicted molar refractivity (Wildman–Crippen MR) is 114 cm³/mol. The largest absolute Gasteiger partial charge is 0.365 e. The maximum absolute atomic E-state index is 12.9. The minimum atomic E-state index is -0.490. The van der Waals surface area contributed by atoms with Gasteiger partial charge in [0.05, 0.1) is 10.6 Å². The van der Waals surface area contributed by atoms with E-state index >= 15 is 0 Å². The van der Waals surface area contributed by atoms with E-state index in [1.54, 1.807) is 0 Å². The SMILES string of the molecule is Cc1ccc2c(Cl)c(C(=O)Nc3sc4c(c3C(N)=O)CCC(C)C4)sc2c1. The molecule has 2 aromatic heterocycles. The minimum Gasteiger partial charge on any atom is -0.365 e. The van der Waals surface area contributed by atoms with Crippen LogP contribution in [0.5, 0.6) is 0 Å². The number of anilines is 1. The Balaban J connectivity index is 1.71. The maximum Gasteiger partial charge on any atom is 0.267 e. The number of carbonyl (C=O) groups is 2. The highest BCUT2D eigenvalue weighted by atomic mass is 35.5. The number of fused-ring (bicyclic) bond motifs is 2. The van der Waals surface area contributed by atoms with Crippen LogP contribution in [0.3, 0.4) is 0 Å². The third-order valence-corrected chi connectivity index (χ3v) is 7.80. The summed E-state index contributed by atoms with van der Waals surface area (Å²) in [6.45, 7) is 4.20. The van der Waals surface area contributed by atoms with Gasteiger partial charge in [0.2, 0.25) is 0 Å². The molecule has 3 N–H and O–H groups in total. The molecular weight excluding hydrogens is 400 g/mol. The molecular formula is C20H19ClN2O2S2. The number of hydrogen-bond donors (Lipinski definition) is 2. The van der Waals surface area contributed by atoms with Crippen LogP contribution in [0.4, 0.5) is 5.00 Å². The number of benzene rings is 1. The highest BCUT2D eigenvalue weighted by molar-refractivity contribution is 7.22. The topological polar surface area (TPSA) is 72.2 Å². The van der Waals surface area contributed by atoms with Gasteiger partial charge in [0.15, 0.2) is 0 Å². The molecule has 1 unspecified atom stereocenters. The number of nitrogens with one attached hydrogen (secondary N) is 1. The van der Waals surface area contributed by atoms with E-state index in [4.69, 9.17) is 17.3 Å². The zero-order chi connectivity index (χ0) is 19.3. The molecule has 2 heterocycles. The Morgan fingerprint density at radius 1 is 1.30 bits per heavy atom. The second-order valence-electron chi connectivity index (χ2n) is 7.12. The highest BCUT2D eigenvalue weighted by Crippen LogP contribution is 2.41. The van der Waals surface area contributed by atoms with Crippen LogP contribution < -0.4 is 11.1 Å². The first-order valence-electron chi connectivity index (χ1n) is 8.79. The standard InChI is InChI=1S/C20H19ClN2O2S2/c1-9-3-5-11-13(7-9)27-20(15(11)18(22)24)23-19(25)17-16(21)12-6-4-10(2)8-14(12)26-17/h4,6,8-9H,3,5,7H2,1-2H3,(H2,22,24)(H,23,25). The second-order valence-corrected chi connectivity index (χ2v) is 9.65. The van der Waals surface area contributed by atoms with E-state index in [0.29, 0.717) is 26.4 Å². The van der Waals surface area contributed by atoms with Crippen molar-refractivity contribution in [3.63, 3.8) is 0 Å². The molecule has 27 heavy (non-hydrogen) atoms. The van der Waals surface area contributed by atoms with E-state index in [0.717, 1.165) is 45.4 Å². The smallest absolute Gasteiger partial charge is 0.267 e. The first kappa shape index (κ1) is 18.5. The number of carbonyl (C=O) groups excluding carboxylic acids is 2. The number of halogens is 1. The zero-order valence-electron chi connectivity index (χ0n) is 15.0. The fraction of sp³-hybridized carbons (Fsp3) is 0.300. The van der Waals surface area contributed by atoms with Gasteiger partial charge >= 0.3 is 0 Å². The monoisotopic (exact) mass is 418 g/mol. The zero-order valence-corrected chi connectivity index (χ0v) is 17.4. The minimum absolute atomic E-state index is 0.298. The van der Waals surface area contributed by atoms with Crippen molar-refractivity contribution in [1.29, 1.82) is 0 Å². The molecule has 4 nitrogen and oxygen atoms in total. The van der Waals surface area contributed by atoms with Gasteiger partial charge in [-0.15, -0.1) is 22.7 Å². The molecule has 0 aliphatic heterocycles. The van der Waals surface area contributed by atoms with Crippen LogP contribution in [-0.4, -0.2) is 11.8 Å². The van der Waals surface area contributed by atoms with Crippen LogP contribution in [0.1, 0.15) is 49.4 Å². The summed E-state index contributed by atoms with van der Waals surface area (Å²) >= 11 is 9.27. The Kier molecular flexibility index (Phi) is 4.74. The Morgan fingerprint density at radius 3 is 2.81 bits per heavy atom. The normalized spacial score (nSPS) is 16.3. The number of aryl methyl sites for hydroxylation is 1. The molecule has 7 heteroatoms. The third kappa shape index (κ3) is 3.26. The molecule has 0 saturated heterocycles. The van der Waals surface area contributed by atoms with Gasteiger partial charge in [-0.3, -0.25) is 9.59 Å². The van der Waals surface area contributed by atoms with Crippen LogP contribution in [0.15, 0.2) is 18.2 Å². The van der Waals surface area contributed by atoms with E-state index < -0.39 is 5.91 Å². The van der Waals surface area contributed by atoms with Gasteiger partial charge in [0, 0.05) is 15.0 Å². The maximum atomic E-state index is 12.9. The number of rotatable bonds is 3. The van der Waals surface area contributed by atoms with Crippen LogP contribution in [0.25, 0.3) is 10.1 Å². The van der Waals surface area contributed by atoms with Crippen LogP contribution >= 0.6 is 34.3 Å². The van der Waals surface area contributed by atoms with Crippen molar-refractivity contribution in [3.8, 4) is 0 Å². The lowest BCUT2D eigenvalue weighted by atomic mass is 9.88. The van der Waals surface area contributed by atoms with Crippen molar-refractivity contribution >= 4 is 61.2 Å². The molecule has 0 spiro atoms. The van der Waals surface area contributed by atoms with Gasteiger partial charge in [-0.05, 0) is 49.3 Å². The summed E-state index contributed by atoms with van der Waals surface area (Å²) in [6, 6.07) is 5.92. The van der Waals surface area contributed by atoms with Gasteiger partial charge in [0.25, 0.3) is 11.8 Å². The van der Waals surface area contributed by atoms with Gasteiger partial charge in [-0.25, -0.2) is 0 Å². The summed E-state index contributed by atoms with van der Waals surface area (Å²) in [5.41, 5.74) is 8.21. The van der Waals surface area contributed by atoms with Crippen molar-refractivity contribution < 1.29 is 9.59 Å². The fourth-order valence-electron chi connectivity index (χ4n) is 3.58. The molecule has 1 aliphatic carbocycles. The first-order valence-corrected chi connectivity index (χ1v) is 10.8. The number of thiophene rings is 2.